The van der Waals surface area contributed by atoms with Crippen LogP contribution in [0.4, 0.5) is 0 Å². The first-order valence-electron chi connectivity index (χ1n) is 7.28. The third kappa shape index (κ3) is 3.19. The number of rotatable bonds is 4. The maximum Gasteiger partial charge on any atom is 0.335 e. The minimum absolute atomic E-state index is 0.00923. The summed E-state index contributed by atoms with van der Waals surface area (Å²) in [5.41, 5.74) is 0.416. The molecule has 0 amide bonds. The first-order chi connectivity index (χ1) is 11.7. The number of carbonyl (C=O) groups is 2. The van der Waals surface area contributed by atoms with E-state index in [4.69, 9.17) is 0 Å². The molecule has 2 N–H and O–H groups in total. The largest absolute Gasteiger partial charge is 0.478 e. The standard InChI is InChI=1S/C19H14N2O4/c1-19(2,15-7-11(17(22)23)3-5-13(15)9-20)16-8-12(18(24)25)4-6-14(16)10-21/h3-8H,1-2H3,(H,22,23)(H,24,25). The van der Waals surface area contributed by atoms with Crippen molar-refractivity contribution in [3.63, 3.8) is 0 Å². The fourth-order valence-electron chi connectivity index (χ4n) is 2.73. The zero-order valence-electron chi connectivity index (χ0n) is 13.6. The molecule has 0 aliphatic heterocycles. The van der Waals surface area contributed by atoms with E-state index in [2.05, 4.69) is 0 Å². The van der Waals surface area contributed by atoms with Crippen LogP contribution in [0.2, 0.25) is 0 Å². The maximum absolute atomic E-state index is 11.3. The van der Waals surface area contributed by atoms with Crippen molar-refractivity contribution in [2.45, 2.75) is 19.3 Å². The normalized spacial score (nSPS) is 10.6. The summed E-state index contributed by atoms with van der Waals surface area (Å²) in [6, 6.07) is 12.3. The Balaban J connectivity index is 2.79. The van der Waals surface area contributed by atoms with E-state index in [1.807, 2.05) is 12.1 Å². The highest BCUT2D eigenvalue weighted by Crippen LogP contribution is 2.36. The molecule has 0 radical (unpaired) electrons. The van der Waals surface area contributed by atoms with Gasteiger partial charge in [0.25, 0.3) is 0 Å². The maximum atomic E-state index is 11.3. The smallest absolute Gasteiger partial charge is 0.335 e. The van der Waals surface area contributed by atoms with Crippen LogP contribution in [0.1, 0.15) is 56.8 Å². The zero-order chi connectivity index (χ0) is 18.8. The summed E-state index contributed by atoms with van der Waals surface area (Å²) >= 11 is 0. The van der Waals surface area contributed by atoms with Crippen LogP contribution in [-0.2, 0) is 5.41 Å². The first-order valence-corrected chi connectivity index (χ1v) is 7.28. The molecule has 2 aromatic carbocycles. The summed E-state index contributed by atoms with van der Waals surface area (Å²) in [5.74, 6) is -2.28. The summed E-state index contributed by atoms with van der Waals surface area (Å²) in [7, 11) is 0. The van der Waals surface area contributed by atoms with Gasteiger partial charge in [0, 0.05) is 5.41 Å². The van der Waals surface area contributed by atoms with Crippen LogP contribution in [0.15, 0.2) is 36.4 Å². The van der Waals surface area contributed by atoms with Gasteiger partial charge in [0.05, 0.1) is 34.4 Å². The minimum atomic E-state index is -1.14. The van der Waals surface area contributed by atoms with Crippen molar-refractivity contribution in [1.82, 2.24) is 0 Å². The number of nitriles is 2. The van der Waals surface area contributed by atoms with Crippen LogP contribution in [-0.4, -0.2) is 22.2 Å². The van der Waals surface area contributed by atoms with Crippen molar-refractivity contribution in [2.24, 2.45) is 0 Å². The van der Waals surface area contributed by atoms with Gasteiger partial charge in [-0.15, -0.1) is 0 Å². The average Bonchev–Trinajstić information content (AvgIpc) is 2.60. The van der Waals surface area contributed by atoms with E-state index in [-0.39, 0.29) is 22.3 Å². The molecule has 0 spiro atoms. The summed E-state index contributed by atoms with van der Waals surface area (Å²) in [4.78, 5) is 22.5. The van der Waals surface area contributed by atoms with E-state index >= 15 is 0 Å². The molecule has 124 valence electrons. The van der Waals surface area contributed by atoms with Crippen LogP contribution >= 0.6 is 0 Å². The highest BCUT2D eigenvalue weighted by molar-refractivity contribution is 5.89. The SMILES string of the molecule is CC(C)(c1cc(C(=O)O)ccc1C#N)c1cc(C(=O)O)ccc1C#N. The van der Waals surface area contributed by atoms with Gasteiger partial charge in [0.1, 0.15) is 0 Å². The minimum Gasteiger partial charge on any atom is -0.478 e. The molecule has 0 aliphatic carbocycles. The third-order valence-electron chi connectivity index (χ3n) is 4.12. The number of carboxylic acid groups (broad SMARTS) is 2. The molecular formula is C19H14N2O4. The van der Waals surface area contributed by atoms with Crippen molar-refractivity contribution in [3.05, 3.63) is 69.8 Å². The molecule has 0 saturated heterocycles. The molecule has 0 aromatic heterocycles. The molecule has 0 saturated carbocycles. The Hall–Kier alpha value is -3.64. The molecule has 0 atom stereocenters. The van der Waals surface area contributed by atoms with Gasteiger partial charge in [-0.3, -0.25) is 0 Å². The van der Waals surface area contributed by atoms with Gasteiger partial charge in [0.15, 0.2) is 0 Å². The fraction of sp³-hybridized carbons (Fsp3) is 0.158. The topological polar surface area (TPSA) is 122 Å². The van der Waals surface area contributed by atoms with Gasteiger partial charge in [-0.25, -0.2) is 9.59 Å². The van der Waals surface area contributed by atoms with Crippen molar-refractivity contribution in [1.29, 1.82) is 10.5 Å². The molecular weight excluding hydrogens is 320 g/mol. The van der Waals surface area contributed by atoms with Crippen LogP contribution in [0.5, 0.6) is 0 Å². The van der Waals surface area contributed by atoms with Gasteiger partial charge < -0.3 is 10.2 Å². The quantitative estimate of drug-likeness (QED) is 0.885. The molecule has 0 aliphatic rings. The molecule has 0 unspecified atom stereocenters. The van der Waals surface area contributed by atoms with Gasteiger partial charge in [0.2, 0.25) is 0 Å². The molecule has 6 nitrogen and oxygen atoms in total. The van der Waals surface area contributed by atoms with Crippen LogP contribution in [0.25, 0.3) is 0 Å². The molecule has 6 heteroatoms. The van der Waals surface area contributed by atoms with Crippen LogP contribution in [0.3, 0.4) is 0 Å². The van der Waals surface area contributed by atoms with Crippen molar-refractivity contribution in [3.8, 4) is 12.1 Å². The molecule has 0 heterocycles. The van der Waals surface area contributed by atoms with Crippen molar-refractivity contribution < 1.29 is 19.8 Å². The summed E-state index contributed by atoms with van der Waals surface area (Å²) in [5, 5.41) is 37.2. The number of nitrogens with zero attached hydrogens (tertiary/aromatic N) is 2. The van der Waals surface area contributed by atoms with Crippen LogP contribution in [0, 0.1) is 22.7 Å². The molecule has 0 fully saturated rings. The highest BCUT2D eigenvalue weighted by Gasteiger charge is 2.30. The van der Waals surface area contributed by atoms with E-state index in [9.17, 15) is 30.3 Å². The van der Waals surface area contributed by atoms with Crippen molar-refractivity contribution >= 4 is 11.9 Å². The molecule has 2 aromatic rings. The summed E-state index contributed by atoms with van der Waals surface area (Å²) < 4.78 is 0. The zero-order valence-corrected chi connectivity index (χ0v) is 13.6. The fourth-order valence-corrected chi connectivity index (χ4v) is 2.73. The van der Waals surface area contributed by atoms with E-state index in [1.165, 1.54) is 36.4 Å². The second-order valence-electron chi connectivity index (χ2n) is 5.98. The molecule has 0 bridgehead atoms. The Kier molecular flexibility index (Phi) is 4.58. The summed E-state index contributed by atoms with van der Waals surface area (Å²) in [6.45, 7) is 3.44. The second-order valence-corrected chi connectivity index (χ2v) is 5.98. The molecule has 25 heavy (non-hydrogen) atoms. The predicted octanol–water partition coefficient (Wildman–Crippen LogP) is 3.15. The van der Waals surface area contributed by atoms with E-state index < -0.39 is 17.4 Å². The number of hydrogen-bond donors (Lipinski definition) is 2. The third-order valence-corrected chi connectivity index (χ3v) is 4.12. The molecule has 2 rings (SSSR count). The van der Waals surface area contributed by atoms with Crippen LogP contribution < -0.4 is 0 Å². The van der Waals surface area contributed by atoms with Gasteiger partial charge in [-0.05, 0) is 47.5 Å². The van der Waals surface area contributed by atoms with E-state index in [1.54, 1.807) is 13.8 Å². The Morgan fingerprint density at radius 2 is 1.20 bits per heavy atom. The highest BCUT2D eigenvalue weighted by atomic mass is 16.4. The average molecular weight is 334 g/mol. The monoisotopic (exact) mass is 334 g/mol. The van der Waals surface area contributed by atoms with E-state index in [0.717, 1.165) is 0 Å². The Bertz CT molecular complexity index is 885. The lowest BCUT2D eigenvalue weighted by Gasteiger charge is -2.28. The van der Waals surface area contributed by atoms with Gasteiger partial charge in [-0.2, -0.15) is 10.5 Å². The second kappa shape index (κ2) is 6.46. The lowest BCUT2D eigenvalue weighted by molar-refractivity contribution is 0.0686. The Morgan fingerprint density at radius 1 is 0.840 bits per heavy atom. The number of benzene rings is 2. The number of carboxylic acids is 2. The van der Waals surface area contributed by atoms with Crippen molar-refractivity contribution in [2.75, 3.05) is 0 Å². The Morgan fingerprint density at radius 3 is 1.48 bits per heavy atom. The van der Waals surface area contributed by atoms with Gasteiger partial charge >= 0.3 is 11.9 Å². The number of hydrogen-bond acceptors (Lipinski definition) is 4. The predicted molar refractivity (Wildman–Crippen MR) is 88.4 cm³/mol. The summed E-state index contributed by atoms with van der Waals surface area (Å²) in [6.07, 6.45) is 0. The first kappa shape index (κ1) is 17.7. The van der Waals surface area contributed by atoms with Gasteiger partial charge in [-0.1, -0.05) is 13.8 Å². The van der Waals surface area contributed by atoms with E-state index in [0.29, 0.717) is 11.1 Å². The Labute approximate surface area is 144 Å². The lowest BCUT2D eigenvalue weighted by Crippen LogP contribution is -2.23. The lowest BCUT2D eigenvalue weighted by atomic mass is 9.73. The number of aromatic carboxylic acids is 2.